The lowest BCUT2D eigenvalue weighted by Gasteiger charge is -2.37. The zero-order valence-corrected chi connectivity index (χ0v) is 18.4. The maximum atomic E-state index is 5.26. The van der Waals surface area contributed by atoms with Gasteiger partial charge in [0.1, 0.15) is 5.75 Å². The van der Waals surface area contributed by atoms with Crippen molar-refractivity contribution in [2.75, 3.05) is 91.6 Å². The molecule has 2 heterocycles. The van der Waals surface area contributed by atoms with Crippen LogP contribution in [0.1, 0.15) is 12.8 Å². The van der Waals surface area contributed by atoms with Gasteiger partial charge in [0.15, 0.2) is 5.96 Å². The number of methoxy groups -OCH3 is 1. The second kappa shape index (κ2) is 11.3. The smallest absolute Gasteiger partial charge is 0.193 e. The first-order valence-electron chi connectivity index (χ1n) is 10.9. The first kappa shape index (κ1) is 21.7. The van der Waals surface area contributed by atoms with E-state index in [1.807, 2.05) is 19.2 Å². The van der Waals surface area contributed by atoms with Gasteiger partial charge >= 0.3 is 0 Å². The molecule has 0 aromatic heterocycles. The van der Waals surface area contributed by atoms with Crippen molar-refractivity contribution in [3.63, 3.8) is 0 Å². The second-order valence-electron chi connectivity index (χ2n) is 8.00. The lowest BCUT2D eigenvalue weighted by molar-refractivity contribution is 0.152. The fourth-order valence-electron chi connectivity index (χ4n) is 4.03. The standard InChI is InChI=1S/C22H38N6O/c1-23-22(24-10-4-5-11-26-14-12-25(2)13-15-26)28-18-16-27(17-19-28)20-6-8-21(29-3)9-7-20/h6-9H,4-5,10-19H2,1-3H3,(H,23,24). The van der Waals surface area contributed by atoms with Gasteiger partial charge in [-0.3, -0.25) is 4.99 Å². The van der Waals surface area contributed by atoms with Gasteiger partial charge in [-0.05, 0) is 50.7 Å². The number of unbranched alkanes of at least 4 members (excludes halogenated alkanes) is 1. The molecular weight excluding hydrogens is 364 g/mol. The number of hydrogen-bond acceptors (Lipinski definition) is 5. The minimum absolute atomic E-state index is 0.907. The summed E-state index contributed by atoms with van der Waals surface area (Å²) in [4.78, 5) is 14.3. The summed E-state index contributed by atoms with van der Waals surface area (Å²) in [6, 6.07) is 8.35. The second-order valence-corrected chi connectivity index (χ2v) is 8.00. The maximum absolute atomic E-state index is 5.26. The van der Waals surface area contributed by atoms with E-state index in [2.05, 4.69) is 49.1 Å². The van der Waals surface area contributed by atoms with E-state index in [0.717, 1.165) is 44.4 Å². The molecule has 2 fully saturated rings. The summed E-state index contributed by atoms with van der Waals surface area (Å²) in [7, 11) is 5.81. The molecule has 0 spiro atoms. The van der Waals surface area contributed by atoms with Gasteiger partial charge < -0.3 is 29.7 Å². The molecule has 1 N–H and O–H groups in total. The molecule has 2 saturated heterocycles. The molecule has 7 heteroatoms. The van der Waals surface area contributed by atoms with Crippen LogP contribution < -0.4 is 15.0 Å². The zero-order valence-electron chi connectivity index (χ0n) is 18.4. The molecule has 0 saturated carbocycles. The Balaban J connectivity index is 1.33. The largest absolute Gasteiger partial charge is 0.497 e. The van der Waals surface area contributed by atoms with Crippen molar-refractivity contribution in [3.8, 4) is 5.75 Å². The summed E-state index contributed by atoms with van der Waals surface area (Å²) in [6.07, 6.45) is 2.44. The molecule has 2 aliphatic heterocycles. The molecule has 0 bridgehead atoms. The fraction of sp³-hybridized carbons (Fsp3) is 0.682. The third-order valence-electron chi connectivity index (χ3n) is 6.01. The quantitative estimate of drug-likeness (QED) is 0.423. The number of benzene rings is 1. The van der Waals surface area contributed by atoms with Crippen LogP contribution in [0.5, 0.6) is 5.75 Å². The number of rotatable bonds is 7. The zero-order chi connectivity index (χ0) is 20.5. The minimum atomic E-state index is 0.907. The summed E-state index contributed by atoms with van der Waals surface area (Å²) in [6.45, 7) is 11.1. The molecular formula is C22H38N6O. The van der Waals surface area contributed by atoms with E-state index in [1.54, 1.807) is 7.11 Å². The molecule has 1 aromatic carbocycles. The first-order valence-corrected chi connectivity index (χ1v) is 10.9. The number of nitrogens with one attached hydrogen (secondary N) is 1. The lowest BCUT2D eigenvalue weighted by atomic mass is 10.2. The average Bonchev–Trinajstić information content (AvgIpc) is 2.78. The van der Waals surface area contributed by atoms with Crippen molar-refractivity contribution in [3.05, 3.63) is 24.3 Å². The highest BCUT2D eigenvalue weighted by Crippen LogP contribution is 2.20. The van der Waals surface area contributed by atoms with Crippen molar-refractivity contribution >= 4 is 11.6 Å². The van der Waals surface area contributed by atoms with Gasteiger partial charge in [0.05, 0.1) is 7.11 Å². The van der Waals surface area contributed by atoms with E-state index in [4.69, 9.17) is 4.74 Å². The van der Waals surface area contributed by atoms with Crippen LogP contribution in [0.4, 0.5) is 5.69 Å². The maximum Gasteiger partial charge on any atom is 0.193 e. The third kappa shape index (κ3) is 6.51. The minimum Gasteiger partial charge on any atom is -0.497 e. The molecule has 0 radical (unpaired) electrons. The van der Waals surface area contributed by atoms with Crippen LogP contribution in [-0.4, -0.2) is 107 Å². The van der Waals surface area contributed by atoms with Crippen LogP contribution in [-0.2, 0) is 0 Å². The van der Waals surface area contributed by atoms with Gasteiger partial charge in [-0.25, -0.2) is 0 Å². The van der Waals surface area contributed by atoms with Crippen molar-refractivity contribution in [2.24, 2.45) is 4.99 Å². The summed E-state index contributed by atoms with van der Waals surface area (Å²) in [5.41, 5.74) is 1.26. The molecule has 0 aliphatic carbocycles. The Morgan fingerprint density at radius 1 is 0.966 bits per heavy atom. The van der Waals surface area contributed by atoms with E-state index in [0.29, 0.717) is 0 Å². The number of hydrogen-bond donors (Lipinski definition) is 1. The van der Waals surface area contributed by atoms with Gasteiger partial charge in [0, 0.05) is 71.6 Å². The Morgan fingerprint density at radius 2 is 1.66 bits per heavy atom. The van der Waals surface area contributed by atoms with Crippen LogP contribution in [0.25, 0.3) is 0 Å². The summed E-state index contributed by atoms with van der Waals surface area (Å²) < 4.78 is 5.26. The van der Waals surface area contributed by atoms with E-state index < -0.39 is 0 Å². The normalized spacial score (nSPS) is 19.5. The number of piperazine rings is 2. The predicted molar refractivity (Wildman–Crippen MR) is 121 cm³/mol. The molecule has 0 unspecified atom stereocenters. The molecule has 1 aromatic rings. The number of anilines is 1. The molecule has 162 valence electrons. The van der Waals surface area contributed by atoms with Crippen molar-refractivity contribution < 1.29 is 4.74 Å². The highest BCUT2D eigenvalue weighted by molar-refractivity contribution is 5.80. The summed E-state index contributed by atoms with van der Waals surface area (Å²) in [5, 5.41) is 3.57. The van der Waals surface area contributed by atoms with Gasteiger partial charge in [0.2, 0.25) is 0 Å². The Bertz CT molecular complexity index is 619. The Labute approximate surface area is 176 Å². The van der Waals surface area contributed by atoms with E-state index in [-0.39, 0.29) is 0 Å². The van der Waals surface area contributed by atoms with Gasteiger partial charge in [0.25, 0.3) is 0 Å². The number of likely N-dealkylation sites (N-methyl/N-ethyl adjacent to an activating group) is 1. The van der Waals surface area contributed by atoms with Gasteiger partial charge in [-0.1, -0.05) is 0 Å². The topological polar surface area (TPSA) is 46.6 Å². The fourth-order valence-corrected chi connectivity index (χ4v) is 4.03. The third-order valence-corrected chi connectivity index (χ3v) is 6.01. The monoisotopic (exact) mass is 402 g/mol. The van der Waals surface area contributed by atoms with Crippen molar-refractivity contribution in [2.45, 2.75) is 12.8 Å². The van der Waals surface area contributed by atoms with Crippen LogP contribution in [0, 0.1) is 0 Å². The summed E-state index contributed by atoms with van der Waals surface area (Å²) in [5.74, 6) is 1.95. The van der Waals surface area contributed by atoms with Crippen LogP contribution >= 0.6 is 0 Å². The number of ether oxygens (including phenoxy) is 1. The van der Waals surface area contributed by atoms with E-state index in [1.165, 1.54) is 51.3 Å². The van der Waals surface area contributed by atoms with Crippen LogP contribution in [0.2, 0.25) is 0 Å². The first-order chi connectivity index (χ1) is 14.2. The Kier molecular flexibility index (Phi) is 8.43. The highest BCUT2D eigenvalue weighted by atomic mass is 16.5. The lowest BCUT2D eigenvalue weighted by Crippen LogP contribution is -2.52. The number of guanidine groups is 1. The van der Waals surface area contributed by atoms with Gasteiger partial charge in [-0.15, -0.1) is 0 Å². The molecule has 3 rings (SSSR count). The van der Waals surface area contributed by atoms with E-state index in [9.17, 15) is 0 Å². The van der Waals surface area contributed by atoms with Crippen LogP contribution in [0.3, 0.4) is 0 Å². The number of nitrogens with zero attached hydrogens (tertiary/aromatic N) is 5. The Morgan fingerprint density at radius 3 is 2.28 bits per heavy atom. The Hall–Kier alpha value is -1.99. The average molecular weight is 403 g/mol. The molecule has 0 atom stereocenters. The molecule has 29 heavy (non-hydrogen) atoms. The van der Waals surface area contributed by atoms with Crippen molar-refractivity contribution in [1.82, 2.24) is 20.0 Å². The predicted octanol–water partition coefficient (Wildman–Crippen LogP) is 1.42. The summed E-state index contributed by atoms with van der Waals surface area (Å²) >= 11 is 0. The number of aliphatic imine (C=N–C) groups is 1. The van der Waals surface area contributed by atoms with Gasteiger partial charge in [-0.2, -0.15) is 0 Å². The van der Waals surface area contributed by atoms with E-state index >= 15 is 0 Å². The molecule has 7 nitrogen and oxygen atoms in total. The van der Waals surface area contributed by atoms with Crippen molar-refractivity contribution in [1.29, 1.82) is 0 Å². The van der Waals surface area contributed by atoms with Crippen LogP contribution in [0.15, 0.2) is 29.3 Å². The molecule has 2 aliphatic rings. The SMILES string of the molecule is CN=C(NCCCCN1CCN(C)CC1)N1CCN(c2ccc(OC)cc2)CC1. The molecule has 0 amide bonds. The highest BCUT2D eigenvalue weighted by Gasteiger charge is 2.20.